The van der Waals surface area contributed by atoms with Crippen molar-refractivity contribution in [2.45, 2.75) is 31.3 Å². The average Bonchev–Trinajstić information content (AvgIpc) is 3.51. The Hall–Kier alpha value is -3.59. The van der Waals surface area contributed by atoms with Crippen molar-refractivity contribution in [2.75, 3.05) is 6.61 Å². The normalized spacial score (nSPS) is 19.8. The topological polar surface area (TPSA) is 88.8 Å². The lowest BCUT2D eigenvalue weighted by Crippen LogP contribution is -2.61. The summed E-state index contributed by atoms with van der Waals surface area (Å²) >= 11 is 1.43. The van der Waals surface area contributed by atoms with Gasteiger partial charge in [0, 0.05) is 0 Å². The zero-order chi connectivity index (χ0) is 22.8. The first-order valence-electron chi connectivity index (χ1n) is 10.7. The third kappa shape index (κ3) is 4.11. The van der Waals surface area contributed by atoms with Gasteiger partial charge in [-0.15, -0.1) is 11.8 Å². The second-order valence-corrected chi connectivity index (χ2v) is 8.69. The van der Waals surface area contributed by atoms with E-state index in [4.69, 9.17) is 9.26 Å². The summed E-state index contributed by atoms with van der Waals surface area (Å²) in [5, 5.41) is 5.59. The van der Waals surface area contributed by atoms with Gasteiger partial charge in [0.1, 0.15) is 17.5 Å². The Labute approximate surface area is 195 Å². The van der Waals surface area contributed by atoms with E-state index in [9.17, 15) is 9.59 Å². The van der Waals surface area contributed by atoms with Gasteiger partial charge in [0.15, 0.2) is 0 Å². The molecule has 33 heavy (non-hydrogen) atoms. The predicted molar refractivity (Wildman–Crippen MR) is 123 cm³/mol. The standard InChI is InChI=1S/C24H22N4O4S/c1-2-31-19-11-7-6-10-17(19)22-25-20(32-26-22)15-27-18-12-13-33-21(18)23(29)28(24(27)30)14-16-8-4-3-5-9-16/h3-13,18,21H,2,14-15H2,1H3. The van der Waals surface area contributed by atoms with Gasteiger partial charge in [-0.1, -0.05) is 53.7 Å². The summed E-state index contributed by atoms with van der Waals surface area (Å²) in [5.74, 6) is 1.17. The van der Waals surface area contributed by atoms with E-state index in [-0.39, 0.29) is 36.3 Å². The van der Waals surface area contributed by atoms with Crippen molar-refractivity contribution < 1.29 is 18.8 Å². The number of carbonyl (C=O) groups excluding carboxylic acids is 2. The minimum absolute atomic E-state index is 0.104. The van der Waals surface area contributed by atoms with Crippen LogP contribution in [0.5, 0.6) is 5.75 Å². The fraction of sp³-hybridized carbons (Fsp3) is 0.250. The molecule has 0 aliphatic carbocycles. The number of rotatable bonds is 7. The average molecular weight is 463 g/mol. The molecule has 0 saturated carbocycles. The molecule has 1 aromatic heterocycles. The van der Waals surface area contributed by atoms with E-state index in [1.54, 1.807) is 4.90 Å². The molecule has 168 valence electrons. The van der Waals surface area contributed by atoms with E-state index in [1.165, 1.54) is 16.7 Å². The van der Waals surface area contributed by atoms with Crippen molar-refractivity contribution in [1.29, 1.82) is 0 Å². The highest BCUT2D eigenvalue weighted by atomic mass is 32.2. The van der Waals surface area contributed by atoms with Gasteiger partial charge >= 0.3 is 6.03 Å². The van der Waals surface area contributed by atoms with Crippen LogP contribution in [0, 0.1) is 0 Å². The highest BCUT2D eigenvalue weighted by Gasteiger charge is 2.47. The summed E-state index contributed by atoms with van der Waals surface area (Å²) in [4.78, 5) is 33.9. The Morgan fingerprint density at radius 2 is 1.85 bits per heavy atom. The molecule has 8 nitrogen and oxygen atoms in total. The maximum atomic E-state index is 13.4. The van der Waals surface area contributed by atoms with Crippen LogP contribution < -0.4 is 4.74 Å². The number of hydrogen-bond donors (Lipinski definition) is 0. The summed E-state index contributed by atoms with van der Waals surface area (Å²) < 4.78 is 11.2. The molecule has 0 spiro atoms. The number of amides is 3. The molecule has 2 aliphatic rings. The van der Waals surface area contributed by atoms with E-state index in [1.807, 2.05) is 73.0 Å². The number of aromatic nitrogens is 2. The van der Waals surface area contributed by atoms with Gasteiger partial charge in [0.2, 0.25) is 17.6 Å². The van der Waals surface area contributed by atoms with Crippen LogP contribution in [0.2, 0.25) is 0 Å². The summed E-state index contributed by atoms with van der Waals surface area (Å²) in [6.07, 6.45) is 1.88. The minimum atomic E-state index is -0.382. The summed E-state index contributed by atoms with van der Waals surface area (Å²) in [7, 11) is 0. The maximum Gasteiger partial charge on any atom is 0.328 e. The fourth-order valence-electron chi connectivity index (χ4n) is 3.99. The number of urea groups is 1. The van der Waals surface area contributed by atoms with E-state index in [0.29, 0.717) is 24.1 Å². The van der Waals surface area contributed by atoms with Crippen molar-refractivity contribution in [2.24, 2.45) is 0 Å². The molecule has 1 saturated heterocycles. The molecule has 0 N–H and O–H groups in total. The van der Waals surface area contributed by atoms with E-state index in [0.717, 1.165) is 11.1 Å². The Bertz CT molecular complexity index is 1200. The minimum Gasteiger partial charge on any atom is -0.493 e. The summed E-state index contributed by atoms with van der Waals surface area (Å²) in [6, 6.07) is 16.2. The summed E-state index contributed by atoms with van der Waals surface area (Å²) in [6.45, 7) is 2.75. The van der Waals surface area contributed by atoms with E-state index in [2.05, 4.69) is 10.1 Å². The molecule has 9 heteroatoms. The lowest BCUT2D eigenvalue weighted by molar-refractivity contribution is -0.132. The van der Waals surface area contributed by atoms with Crippen molar-refractivity contribution in [3.05, 3.63) is 77.5 Å². The van der Waals surface area contributed by atoms with Gasteiger partial charge in [-0.2, -0.15) is 4.98 Å². The third-order valence-electron chi connectivity index (χ3n) is 5.54. The highest BCUT2D eigenvalue weighted by Crippen LogP contribution is 2.36. The van der Waals surface area contributed by atoms with Crippen LogP contribution in [-0.2, 0) is 17.9 Å². The molecule has 2 aromatic carbocycles. The quantitative estimate of drug-likeness (QED) is 0.522. The number of carbonyl (C=O) groups is 2. The molecule has 1 fully saturated rings. The molecule has 0 bridgehead atoms. The molecule has 5 rings (SSSR count). The fourth-order valence-corrected chi connectivity index (χ4v) is 5.05. The van der Waals surface area contributed by atoms with Gasteiger partial charge in [0.25, 0.3) is 0 Å². The van der Waals surface area contributed by atoms with Crippen molar-refractivity contribution >= 4 is 23.7 Å². The first-order chi connectivity index (χ1) is 16.2. The largest absolute Gasteiger partial charge is 0.493 e. The Morgan fingerprint density at radius 3 is 2.67 bits per heavy atom. The number of thioether (sulfide) groups is 1. The molecule has 2 aliphatic heterocycles. The molecular formula is C24H22N4O4S. The van der Waals surface area contributed by atoms with Crippen molar-refractivity contribution in [3.63, 3.8) is 0 Å². The second-order valence-electron chi connectivity index (χ2n) is 7.64. The number of ether oxygens (including phenoxy) is 1. The lowest BCUT2D eigenvalue weighted by Gasteiger charge is -2.40. The Morgan fingerprint density at radius 1 is 1.06 bits per heavy atom. The van der Waals surface area contributed by atoms with Gasteiger partial charge in [0.05, 0.1) is 24.8 Å². The molecule has 2 atom stereocenters. The number of hydrogen-bond acceptors (Lipinski definition) is 7. The smallest absolute Gasteiger partial charge is 0.328 e. The number of nitrogens with zero attached hydrogens (tertiary/aromatic N) is 4. The number of para-hydroxylation sites is 1. The zero-order valence-corrected chi connectivity index (χ0v) is 18.8. The molecule has 3 amide bonds. The second kappa shape index (κ2) is 9.11. The number of imide groups is 1. The van der Waals surface area contributed by atoms with Crippen LogP contribution in [-0.4, -0.2) is 49.8 Å². The predicted octanol–water partition coefficient (Wildman–Crippen LogP) is 4.10. The highest BCUT2D eigenvalue weighted by molar-refractivity contribution is 8.03. The molecule has 0 radical (unpaired) electrons. The maximum absolute atomic E-state index is 13.4. The van der Waals surface area contributed by atoms with Crippen LogP contribution in [0.25, 0.3) is 11.4 Å². The van der Waals surface area contributed by atoms with Crippen molar-refractivity contribution in [3.8, 4) is 17.1 Å². The molecular weight excluding hydrogens is 440 g/mol. The van der Waals surface area contributed by atoms with Crippen molar-refractivity contribution in [1.82, 2.24) is 19.9 Å². The molecule has 3 aromatic rings. The molecule has 3 heterocycles. The SMILES string of the molecule is CCOc1ccccc1-c1noc(CN2C(=O)N(Cc3ccccc3)C(=O)C3SC=CC32)n1. The first-order valence-corrected chi connectivity index (χ1v) is 11.6. The number of fused-ring (bicyclic) bond motifs is 1. The Kier molecular flexibility index (Phi) is 5.87. The third-order valence-corrected chi connectivity index (χ3v) is 6.63. The van der Waals surface area contributed by atoms with Crippen LogP contribution in [0.3, 0.4) is 0 Å². The zero-order valence-electron chi connectivity index (χ0n) is 18.0. The lowest BCUT2D eigenvalue weighted by atomic mass is 10.1. The first kappa shape index (κ1) is 21.3. The van der Waals surface area contributed by atoms with Crippen LogP contribution >= 0.6 is 11.8 Å². The van der Waals surface area contributed by atoms with Gasteiger partial charge in [-0.05, 0) is 30.0 Å². The van der Waals surface area contributed by atoms with Gasteiger partial charge in [-0.3, -0.25) is 9.69 Å². The van der Waals surface area contributed by atoms with E-state index >= 15 is 0 Å². The molecule has 2 unspecified atom stereocenters. The van der Waals surface area contributed by atoms with Crippen LogP contribution in [0.1, 0.15) is 18.4 Å². The summed E-state index contributed by atoms with van der Waals surface area (Å²) in [5.41, 5.74) is 1.61. The number of benzene rings is 2. The van der Waals surface area contributed by atoms with E-state index < -0.39 is 0 Å². The monoisotopic (exact) mass is 462 g/mol. The Balaban J connectivity index is 1.40. The van der Waals surface area contributed by atoms with Gasteiger partial charge < -0.3 is 14.2 Å². The van der Waals surface area contributed by atoms with Crippen LogP contribution in [0.15, 0.2) is 70.6 Å². The van der Waals surface area contributed by atoms with Crippen LogP contribution in [0.4, 0.5) is 4.79 Å². The van der Waals surface area contributed by atoms with Gasteiger partial charge in [-0.25, -0.2) is 4.79 Å².